The smallest absolute Gasteiger partial charge is 0.282 e. The number of aryl methyl sites for hydroxylation is 2. The van der Waals surface area contributed by atoms with Gasteiger partial charge < -0.3 is 14.4 Å². The Labute approximate surface area is 195 Å². The number of carbonyl (C=O) groups is 2. The Bertz CT molecular complexity index is 1070. The number of carbonyl (C=O) groups excluding carboxylic acids is 2. The van der Waals surface area contributed by atoms with Crippen LogP contribution in [0.25, 0.3) is 5.57 Å². The molecule has 2 aliphatic rings. The molecule has 0 N–H and O–H groups in total. The Morgan fingerprint density at radius 3 is 2.03 bits per heavy atom. The lowest BCUT2D eigenvalue weighted by atomic mass is 10.0. The first-order chi connectivity index (χ1) is 15.6. The first kappa shape index (κ1) is 23.1. The molecule has 0 spiro atoms. The molecule has 33 heavy (non-hydrogen) atoms. The summed E-state index contributed by atoms with van der Waals surface area (Å²) in [6.45, 7) is 13.0. The number of morpholine rings is 1. The second kappa shape index (κ2) is 9.02. The lowest BCUT2D eigenvalue weighted by Gasteiger charge is -2.37. The molecule has 2 aromatic carbocycles. The number of anilines is 1. The minimum Gasteiger partial charge on any atom is -0.491 e. The van der Waals surface area contributed by atoms with Crippen molar-refractivity contribution in [1.82, 2.24) is 4.90 Å². The van der Waals surface area contributed by atoms with Gasteiger partial charge in [0.2, 0.25) is 0 Å². The topological polar surface area (TPSA) is 59.1 Å². The van der Waals surface area contributed by atoms with Crippen LogP contribution in [-0.2, 0) is 14.3 Å². The Morgan fingerprint density at radius 2 is 1.48 bits per heavy atom. The Hall–Kier alpha value is -3.12. The molecule has 2 amide bonds. The fraction of sp³-hybridized carbons (Fsp3) is 0.407. The highest BCUT2D eigenvalue weighted by Crippen LogP contribution is 2.37. The number of nitrogens with zero attached hydrogens (tertiary/aromatic N) is 2. The van der Waals surface area contributed by atoms with E-state index < -0.39 is 0 Å². The van der Waals surface area contributed by atoms with Crippen molar-refractivity contribution in [3.63, 3.8) is 0 Å². The number of rotatable bonds is 5. The highest BCUT2D eigenvalue weighted by molar-refractivity contribution is 6.45. The number of hydrogen-bond donors (Lipinski definition) is 0. The third kappa shape index (κ3) is 4.67. The average molecular weight is 449 g/mol. The highest BCUT2D eigenvalue weighted by Gasteiger charge is 2.44. The van der Waals surface area contributed by atoms with Crippen LogP contribution in [0.15, 0.2) is 48.2 Å². The minimum atomic E-state index is -0.302. The largest absolute Gasteiger partial charge is 0.491 e. The van der Waals surface area contributed by atoms with E-state index in [1.54, 1.807) is 0 Å². The van der Waals surface area contributed by atoms with Crippen LogP contribution in [0.4, 0.5) is 5.69 Å². The van der Waals surface area contributed by atoms with Gasteiger partial charge in [0.05, 0.1) is 29.6 Å². The van der Waals surface area contributed by atoms with E-state index in [9.17, 15) is 9.59 Å². The Kier molecular flexibility index (Phi) is 6.30. The molecule has 2 aliphatic heterocycles. The molecule has 0 aromatic heterocycles. The number of imide groups is 1. The lowest BCUT2D eigenvalue weighted by Crippen LogP contribution is -2.47. The van der Waals surface area contributed by atoms with Crippen LogP contribution in [0.2, 0.25) is 0 Å². The zero-order valence-corrected chi connectivity index (χ0v) is 20.2. The van der Waals surface area contributed by atoms with E-state index in [1.807, 2.05) is 88.9 Å². The summed E-state index contributed by atoms with van der Waals surface area (Å²) in [6.07, 6.45) is -0.0262. The van der Waals surface area contributed by atoms with Gasteiger partial charge in [-0.05, 0) is 82.5 Å². The maximum atomic E-state index is 13.8. The average Bonchev–Trinajstić information content (AvgIpc) is 2.97. The van der Waals surface area contributed by atoms with Gasteiger partial charge in [-0.15, -0.1) is 0 Å². The predicted molar refractivity (Wildman–Crippen MR) is 129 cm³/mol. The fourth-order valence-corrected chi connectivity index (χ4v) is 4.72. The molecule has 2 atom stereocenters. The summed E-state index contributed by atoms with van der Waals surface area (Å²) < 4.78 is 11.6. The van der Waals surface area contributed by atoms with Crippen molar-refractivity contribution >= 4 is 23.1 Å². The molecule has 6 heteroatoms. The van der Waals surface area contributed by atoms with Crippen molar-refractivity contribution in [2.75, 3.05) is 18.0 Å². The Balaban J connectivity index is 1.80. The van der Waals surface area contributed by atoms with Gasteiger partial charge in [-0.1, -0.05) is 18.2 Å². The van der Waals surface area contributed by atoms with Gasteiger partial charge >= 0.3 is 0 Å². The van der Waals surface area contributed by atoms with Crippen molar-refractivity contribution < 1.29 is 19.1 Å². The normalized spacial score (nSPS) is 21.4. The van der Waals surface area contributed by atoms with Crippen molar-refractivity contribution in [3.05, 3.63) is 64.9 Å². The van der Waals surface area contributed by atoms with E-state index in [0.29, 0.717) is 35.6 Å². The molecule has 2 heterocycles. The van der Waals surface area contributed by atoms with Crippen LogP contribution in [0, 0.1) is 13.8 Å². The lowest BCUT2D eigenvalue weighted by molar-refractivity contribution is -0.121. The standard InChI is InChI=1S/C27H32N2O4/c1-16(2)32-23-9-7-21(8-10-23)24-25(28-14-19(5)33-20(6)15-28)27(31)29(26(24)30)22-12-17(3)11-18(4)13-22/h7-13,16,19-20H,14-15H2,1-6H3. The van der Waals surface area contributed by atoms with Gasteiger partial charge in [-0.3, -0.25) is 9.59 Å². The van der Waals surface area contributed by atoms with Crippen LogP contribution < -0.4 is 9.64 Å². The van der Waals surface area contributed by atoms with Crippen LogP contribution in [0.3, 0.4) is 0 Å². The molecule has 0 aliphatic carbocycles. The van der Waals surface area contributed by atoms with E-state index in [2.05, 4.69) is 0 Å². The van der Waals surface area contributed by atoms with E-state index in [4.69, 9.17) is 9.47 Å². The number of amides is 2. The van der Waals surface area contributed by atoms with Gasteiger partial charge in [0, 0.05) is 13.1 Å². The summed E-state index contributed by atoms with van der Waals surface area (Å²) in [5, 5.41) is 0. The van der Waals surface area contributed by atoms with Crippen LogP contribution >= 0.6 is 0 Å². The molecule has 1 saturated heterocycles. The monoisotopic (exact) mass is 448 g/mol. The zero-order chi connectivity index (χ0) is 23.9. The number of hydrogen-bond acceptors (Lipinski definition) is 5. The molecule has 6 nitrogen and oxygen atoms in total. The van der Waals surface area contributed by atoms with Crippen molar-refractivity contribution in [2.24, 2.45) is 0 Å². The van der Waals surface area contributed by atoms with Crippen LogP contribution in [0.5, 0.6) is 5.75 Å². The van der Waals surface area contributed by atoms with Crippen molar-refractivity contribution in [2.45, 2.75) is 59.9 Å². The molecule has 174 valence electrons. The molecule has 2 aromatic rings. The summed E-state index contributed by atoms with van der Waals surface area (Å²) in [5.41, 5.74) is 4.19. The third-order valence-electron chi connectivity index (χ3n) is 5.77. The summed E-state index contributed by atoms with van der Waals surface area (Å²) in [5.74, 6) is 0.139. The molecule has 2 unspecified atom stereocenters. The molecular weight excluding hydrogens is 416 g/mol. The second-order valence-electron chi connectivity index (χ2n) is 9.37. The van der Waals surface area contributed by atoms with Crippen LogP contribution in [-0.4, -0.2) is 48.1 Å². The summed E-state index contributed by atoms with van der Waals surface area (Å²) >= 11 is 0. The van der Waals surface area contributed by atoms with Gasteiger partial charge in [0.1, 0.15) is 11.4 Å². The molecular formula is C27H32N2O4. The van der Waals surface area contributed by atoms with Crippen molar-refractivity contribution in [3.8, 4) is 5.75 Å². The van der Waals surface area contributed by atoms with E-state index >= 15 is 0 Å². The molecule has 4 rings (SSSR count). The van der Waals surface area contributed by atoms with Gasteiger partial charge in [0.25, 0.3) is 11.8 Å². The summed E-state index contributed by atoms with van der Waals surface area (Å²) in [7, 11) is 0. The maximum absolute atomic E-state index is 13.8. The quantitative estimate of drug-likeness (QED) is 0.631. The minimum absolute atomic E-state index is 0.0394. The predicted octanol–water partition coefficient (Wildman–Crippen LogP) is 4.48. The maximum Gasteiger partial charge on any atom is 0.282 e. The zero-order valence-electron chi connectivity index (χ0n) is 20.2. The molecule has 0 bridgehead atoms. The van der Waals surface area contributed by atoms with Gasteiger partial charge in [-0.25, -0.2) is 4.90 Å². The molecule has 0 radical (unpaired) electrons. The van der Waals surface area contributed by atoms with E-state index in [1.165, 1.54) is 4.90 Å². The van der Waals surface area contributed by atoms with E-state index in [0.717, 1.165) is 16.9 Å². The first-order valence-electron chi connectivity index (χ1n) is 11.5. The number of ether oxygens (including phenoxy) is 2. The third-order valence-corrected chi connectivity index (χ3v) is 5.77. The summed E-state index contributed by atoms with van der Waals surface area (Å²) in [4.78, 5) is 30.9. The highest BCUT2D eigenvalue weighted by atomic mass is 16.5. The molecule has 0 saturated carbocycles. The second-order valence-corrected chi connectivity index (χ2v) is 9.37. The molecule has 1 fully saturated rings. The Morgan fingerprint density at radius 1 is 0.909 bits per heavy atom. The number of benzene rings is 2. The van der Waals surface area contributed by atoms with Crippen LogP contribution in [0.1, 0.15) is 44.4 Å². The van der Waals surface area contributed by atoms with Gasteiger partial charge in [-0.2, -0.15) is 0 Å². The van der Waals surface area contributed by atoms with E-state index in [-0.39, 0.29) is 30.1 Å². The first-order valence-corrected chi connectivity index (χ1v) is 11.5. The van der Waals surface area contributed by atoms with Gasteiger partial charge in [0.15, 0.2) is 0 Å². The summed E-state index contributed by atoms with van der Waals surface area (Å²) in [6, 6.07) is 13.2. The fourth-order valence-electron chi connectivity index (χ4n) is 4.72. The SMILES string of the molecule is Cc1cc(C)cc(N2C(=O)C(c3ccc(OC(C)C)cc3)=C(N3CC(C)OC(C)C3)C2=O)c1. The van der Waals surface area contributed by atoms with Crippen molar-refractivity contribution in [1.29, 1.82) is 0 Å².